The van der Waals surface area contributed by atoms with Crippen LogP contribution in [0.3, 0.4) is 0 Å². The molecule has 1 aromatic heterocycles. The first-order valence-electron chi connectivity index (χ1n) is 7.81. The van der Waals surface area contributed by atoms with Crippen LogP contribution in [-0.2, 0) is 11.3 Å². The van der Waals surface area contributed by atoms with Crippen LogP contribution in [0.4, 0.5) is 0 Å². The van der Waals surface area contributed by atoms with Gasteiger partial charge in [0.15, 0.2) is 0 Å². The largest absolute Gasteiger partial charge is 0.472 e. The molecular formula is C16H27NO3. The molecular weight excluding hydrogens is 254 g/mol. The Morgan fingerprint density at radius 3 is 3.05 bits per heavy atom. The number of nitrogens with one attached hydrogen (secondary N) is 1. The van der Waals surface area contributed by atoms with E-state index in [1.165, 1.54) is 25.7 Å². The van der Waals surface area contributed by atoms with E-state index in [0.29, 0.717) is 31.7 Å². The lowest BCUT2D eigenvalue weighted by Gasteiger charge is -2.31. The molecule has 114 valence electrons. The number of rotatable bonds is 8. The number of aliphatic hydroxyl groups is 1. The standard InChI is InChI=1S/C16H27NO3/c1-2-14-5-3-4-6-16(14)20-12-15(18)10-17-9-13-7-8-19-11-13/h7-8,11,14-18H,2-6,9-10,12H2,1H3. The van der Waals surface area contributed by atoms with Crippen molar-refractivity contribution in [3.63, 3.8) is 0 Å². The maximum Gasteiger partial charge on any atom is 0.0947 e. The zero-order valence-corrected chi connectivity index (χ0v) is 12.4. The van der Waals surface area contributed by atoms with E-state index in [9.17, 15) is 5.11 Å². The third-order valence-corrected chi connectivity index (χ3v) is 4.16. The van der Waals surface area contributed by atoms with Crippen molar-refractivity contribution in [2.24, 2.45) is 5.92 Å². The average Bonchev–Trinajstić information content (AvgIpc) is 2.98. The highest BCUT2D eigenvalue weighted by Crippen LogP contribution is 2.29. The first-order valence-corrected chi connectivity index (χ1v) is 7.81. The smallest absolute Gasteiger partial charge is 0.0947 e. The van der Waals surface area contributed by atoms with Crippen LogP contribution in [0.1, 0.15) is 44.6 Å². The first-order chi connectivity index (χ1) is 9.79. The fourth-order valence-corrected chi connectivity index (χ4v) is 2.93. The molecule has 1 aliphatic rings. The van der Waals surface area contributed by atoms with Gasteiger partial charge in [0.2, 0.25) is 0 Å². The van der Waals surface area contributed by atoms with E-state index in [2.05, 4.69) is 12.2 Å². The van der Waals surface area contributed by atoms with E-state index >= 15 is 0 Å². The Hall–Kier alpha value is -0.840. The SMILES string of the molecule is CCC1CCCCC1OCC(O)CNCc1ccoc1. The van der Waals surface area contributed by atoms with Gasteiger partial charge in [-0.25, -0.2) is 0 Å². The molecule has 3 unspecified atom stereocenters. The zero-order chi connectivity index (χ0) is 14.2. The highest BCUT2D eigenvalue weighted by molar-refractivity contribution is 5.04. The van der Waals surface area contributed by atoms with Crippen LogP contribution in [0.25, 0.3) is 0 Å². The second-order valence-corrected chi connectivity index (χ2v) is 5.74. The lowest BCUT2D eigenvalue weighted by atomic mass is 9.85. The molecule has 4 heteroatoms. The third-order valence-electron chi connectivity index (χ3n) is 4.16. The summed E-state index contributed by atoms with van der Waals surface area (Å²) in [6, 6.07) is 1.92. The molecule has 0 bridgehead atoms. The summed E-state index contributed by atoms with van der Waals surface area (Å²) in [6.07, 6.45) is 9.46. The fraction of sp³-hybridized carbons (Fsp3) is 0.750. The van der Waals surface area contributed by atoms with Crippen LogP contribution < -0.4 is 5.32 Å². The molecule has 1 saturated carbocycles. The minimum atomic E-state index is -0.443. The highest BCUT2D eigenvalue weighted by atomic mass is 16.5. The van der Waals surface area contributed by atoms with Gasteiger partial charge < -0.3 is 19.6 Å². The molecule has 20 heavy (non-hydrogen) atoms. The summed E-state index contributed by atoms with van der Waals surface area (Å²) in [5.41, 5.74) is 1.09. The summed E-state index contributed by atoms with van der Waals surface area (Å²) >= 11 is 0. The summed E-state index contributed by atoms with van der Waals surface area (Å²) in [5.74, 6) is 0.676. The maximum atomic E-state index is 9.96. The topological polar surface area (TPSA) is 54.6 Å². The van der Waals surface area contributed by atoms with Crippen LogP contribution in [-0.4, -0.2) is 30.5 Å². The molecule has 0 aromatic carbocycles. The summed E-state index contributed by atoms with van der Waals surface area (Å²) in [5, 5.41) is 13.2. The Morgan fingerprint density at radius 1 is 1.45 bits per heavy atom. The Kier molecular flexibility index (Phi) is 6.57. The van der Waals surface area contributed by atoms with Crippen molar-refractivity contribution in [3.8, 4) is 0 Å². The number of hydrogen-bond donors (Lipinski definition) is 2. The van der Waals surface area contributed by atoms with Crippen molar-refractivity contribution in [1.82, 2.24) is 5.32 Å². The summed E-state index contributed by atoms with van der Waals surface area (Å²) < 4.78 is 10.9. The number of furan rings is 1. The van der Waals surface area contributed by atoms with Crippen molar-refractivity contribution in [2.45, 2.75) is 57.8 Å². The van der Waals surface area contributed by atoms with Crippen LogP contribution in [0.5, 0.6) is 0 Å². The lowest BCUT2D eigenvalue weighted by Crippen LogP contribution is -2.34. The summed E-state index contributed by atoms with van der Waals surface area (Å²) in [7, 11) is 0. The van der Waals surface area contributed by atoms with Crippen molar-refractivity contribution < 1.29 is 14.3 Å². The molecule has 0 spiro atoms. The van der Waals surface area contributed by atoms with Crippen LogP contribution in [0, 0.1) is 5.92 Å². The van der Waals surface area contributed by atoms with Crippen LogP contribution in [0.15, 0.2) is 23.0 Å². The van der Waals surface area contributed by atoms with Gasteiger partial charge in [-0.1, -0.05) is 26.2 Å². The van der Waals surface area contributed by atoms with Crippen LogP contribution >= 0.6 is 0 Å². The highest BCUT2D eigenvalue weighted by Gasteiger charge is 2.24. The first kappa shape index (κ1) is 15.5. The molecule has 0 radical (unpaired) electrons. The predicted molar refractivity (Wildman–Crippen MR) is 78.4 cm³/mol. The van der Waals surface area contributed by atoms with Crippen molar-refractivity contribution in [2.75, 3.05) is 13.2 Å². The second kappa shape index (κ2) is 8.45. The molecule has 1 heterocycles. The average molecular weight is 281 g/mol. The predicted octanol–water partition coefficient (Wildman–Crippen LogP) is 2.72. The molecule has 0 aliphatic heterocycles. The summed E-state index contributed by atoms with van der Waals surface area (Å²) in [6.45, 7) is 3.93. The Balaban J connectivity index is 1.60. The van der Waals surface area contributed by atoms with E-state index in [0.717, 1.165) is 12.0 Å². The lowest BCUT2D eigenvalue weighted by molar-refractivity contribution is -0.0499. The van der Waals surface area contributed by atoms with Gasteiger partial charge in [-0.05, 0) is 24.8 Å². The quantitative estimate of drug-likeness (QED) is 0.769. The van der Waals surface area contributed by atoms with Crippen molar-refractivity contribution >= 4 is 0 Å². The Bertz CT molecular complexity index is 353. The van der Waals surface area contributed by atoms with Gasteiger partial charge in [-0.15, -0.1) is 0 Å². The van der Waals surface area contributed by atoms with E-state index in [1.54, 1.807) is 12.5 Å². The molecule has 2 N–H and O–H groups in total. The minimum Gasteiger partial charge on any atom is -0.472 e. The second-order valence-electron chi connectivity index (χ2n) is 5.74. The molecule has 1 fully saturated rings. The van der Waals surface area contributed by atoms with Gasteiger partial charge in [-0.3, -0.25) is 0 Å². The molecule has 0 amide bonds. The Morgan fingerprint density at radius 2 is 2.30 bits per heavy atom. The molecule has 3 atom stereocenters. The number of ether oxygens (including phenoxy) is 1. The minimum absolute atomic E-state index is 0.345. The van der Waals surface area contributed by atoms with Gasteiger partial charge in [0.25, 0.3) is 0 Å². The van der Waals surface area contributed by atoms with Gasteiger partial charge in [-0.2, -0.15) is 0 Å². The molecule has 2 rings (SSSR count). The molecule has 0 saturated heterocycles. The van der Waals surface area contributed by atoms with E-state index < -0.39 is 6.10 Å². The molecule has 4 nitrogen and oxygen atoms in total. The summed E-state index contributed by atoms with van der Waals surface area (Å²) in [4.78, 5) is 0. The van der Waals surface area contributed by atoms with Gasteiger partial charge >= 0.3 is 0 Å². The van der Waals surface area contributed by atoms with E-state index in [4.69, 9.17) is 9.15 Å². The van der Waals surface area contributed by atoms with Gasteiger partial charge in [0, 0.05) is 18.7 Å². The van der Waals surface area contributed by atoms with Gasteiger partial charge in [0.1, 0.15) is 0 Å². The van der Waals surface area contributed by atoms with E-state index in [-0.39, 0.29) is 0 Å². The van der Waals surface area contributed by atoms with Crippen molar-refractivity contribution in [1.29, 1.82) is 0 Å². The molecule has 1 aromatic rings. The van der Waals surface area contributed by atoms with Crippen molar-refractivity contribution in [3.05, 3.63) is 24.2 Å². The maximum absolute atomic E-state index is 9.96. The zero-order valence-electron chi connectivity index (χ0n) is 12.4. The van der Waals surface area contributed by atoms with Crippen LogP contribution in [0.2, 0.25) is 0 Å². The number of hydrogen-bond acceptors (Lipinski definition) is 4. The monoisotopic (exact) mass is 281 g/mol. The molecule has 1 aliphatic carbocycles. The normalized spacial score (nSPS) is 24.7. The Labute approximate surface area is 121 Å². The van der Waals surface area contributed by atoms with E-state index in [1.807, 2.05) is 6.07 Å². The fourth-order valence-electron chi connectivity index (χ4n) is 2.93. The third kappa shape index (κ3) is 4.93. The van der Waals surface area contributed by atoms with Gasteiger partial charge in [0.05, 0.1) is 31.3 Å². The number of aliphatic hydroxyl groups excluding tert-OH is 1.